The summed E-state index contributed by atoms with van der Waals surface area (Å²) in [6, 6.07) is 4.21. The van der Waals surface area contributed by atoms with E-state index >= 15 is 0 Å². The van der Waals surface area contributed by atoms with Crippen LogP contribution in [0.3, 0.4) is 0 Å². The Morgan fingerprint density at radius 2 is 1.82 bits per heavy atom. The lowest BCUT2D eigenvalue weighted by Crippen LogP contribution is -1.83. The van der Waals surface area contributed by atoms with Gasteiger partial charge in [0, 0.05) is 23.9 Å². The Morgan fingerprint density at radius 3 is 2.45 bits per heavy atom. The van der Waals surface area contributed by atoms with Crippen molar-refractivity contribution in [3.05, 3.63) is 30.1 Å². The number of hydrogen-bond acceptors (Lipinski definition) is 3. The molecule has 0 bridgehead atoms. The minimum atomic E-state index is 0.665. The van der Waals surface area contributed by atoms with E-state index in [0.717, 1.165) is 0 Å². The van der Waals surface area contributed by atoms with Crippen molar-refractivity contribution < 1.29 is 0 Å². The van der Waals surface area contributed by atoms with Crippen LogP contribution in [0, 0.1) is 0 Å². The van der Waals surface area contributed by atoms with Crippen LogP contribution in [0.2, 0.25) is 0 Å². The molecule has 2 heterocycles. The highest BCUT2D eigenvalue weighted by molar-refractivity contribution is 8.19. The summed E-state index contributed by atoms with van der Waals surface area (Å²) in [6.07, 6.45) is 3.74. The first-order valence-electron chi connectivity index (χ1n) is 3.60. The molecule has 1 saturated heterocycles. The molecule has 0 atom stereocenters. The third-order valence-corrected chi connectivity index (χ3v) is 4.70. The van der Waals surface area contributed by atoms with Crippen molar-refractivity contribution in [1.82, 2.24) is 4.98 Å². The fourth-order valence-corrected chi connectivity index (χ4v) is 3.93. The van der Waals surface area contributed by atoms with Crippen LogP contribution >= 0.6 is 23.5 Å². The molecule has 1 aliphatic rings. The van der Waals surface area contributed by atoms with Gasteiger partial charge in [-0.2, -0.15) is 0 Å². The fourth-order valence-electron chi connectivity index (χ4n) is 1.07. The van der Waals surface area contributed by atoms with Crippen LogP contribution in [0.5, 0.6) is 0 Å². The van der Waals surface area contributed by atoms with Gasteiger partial charge in [-0.05, 0) is 17.7 Å². The van der Waals surface area contributed by atoms with E-state index in [1.807, 2.05) is 35.9 Å². The average molecular weight is 183 g/mol. The number of thioether (sulfide) groups is 2. The summed E-state index contributed by atoms with van der Waals surface area (Å²) in [4.78, 5) is 4.00. The quantitative estimate of drug-likeness (QED) is 0.664. The Morgan fingerprint density at radius 1 is 1.18 bits per heavy atom. The van der Waals surface area contributed by atoms with Crippen molar-refractivity contribution in [2.45, 2.75) is 4.58 Å². The minimum absolute atomic E-state index is 0.665. The molecule has 0 saturated carbocycles. The third kappa shape index (κ3) is 1.71. The van der Waals surface area contributed by atoms with Crippen molar-refractivity contribution in [3.8, 4) is 0 Å². The molecule has 0 spiro atoms. The van der Waals surface area contributed by atoms with Gasteiger partial charge >= 0.3 is 0 Å². The van der Waals surface area contributed by atoms with Gasteiger partial charge in [-0.15, -0.1) is 23.5 Å². The van der Waals surface area contributed by atoms with Gasteiger partial charge in [0.1, 0.15) is 0 Å². The molecule has 0 aliphatic carbocycles. The maximum Gasteiger partial charge on any atom is 0.0752 e. The van der Waals surface area contributed by atoms with Gasteiger partial charge in [-0.25, -0.2) is 0 Å². The summed E-state index contributed by atoms with van der Waals surface area (Å²) in [7, 11) is 0. The molecule has 3 heteroatoms. The lowest BCUT2D eigenvalue weighted by atomic mass is 10.3. The largest absolute Gasteiger partial charge is 0.265 e. The molecular weight excluding hydrogens is 174 g/mol. The van der Waals surface area contributed by atoms with E-state index in [4.69, 9.17) is 0 Å². The maximum atomic E-state index is 4.00. The van der Waals surface area contributed by atoms with Crippen LogP contribution in [0.1, 0.15) is 10.1 Å². The molecule has 0 unspecified atom stereocenters. The zero-order valence-electron chi connectivity index (χ0n) is 6.06. The van der Waals surface area contributed by atoms with Gasteiger partial charge in [0.15, 0.2) is 0 Å². The highest BCUT2D eigenvalue weighted by Gasteiger charge is 2.17. The lowest BCUT2D eigenvalue weighted by molar-refractivity contribution is 1.26. The monoisotopic (exact) mass is 183 g/mol. The second-order valence-electron chi connectivity index (χ2n) is 2.35. The smallest absolute Gasteiger partial charge is 0.0752 e. The molecule has 0 aromatic carbocycles. The molecule has 0 radical (unpaired) electrons. The van der Waals surface area contributed by atoms with Gasteiger partial charge in [-0.1, -0.05) is 0 Å². The number of rotatable bonds is 1. The Labute approximate surface area is 75.0 Å². The fraction of sp³-hybridized carbons (Fsp3) is 0.375. The van der Waals surface area contributed by atoms with Crippen LogP contribution in [-0.4, -0.2) is 16.5 Å². The van der Waals surface area contributed by atoms with Crippen LogP contribution in [0.4, 0.5) is 0 Å². The van der Waals surface area contributed by atoms with Crippen molar-refractivity contribution in [3.63, 3.8) is 0 Å². The van der Waals surface area contributed by atoms with Crippen molar-refractivity contribution in [2.24, 2.45) is 0 Å². The van der Waals surface area contributed by atoms with E-state index in [-0.39, 0.29) is 0 Å². The zero-order chi connectivity index (χ0) is 7.52. The predicted octanol–water partition coefficient (Wildman–Crippen LogP) is 2.56. The van der Waals surface area contributed by atoms with Crippen LogP contribution in [0.15, 0.2) is 24.5 Å². The number of nitrogens with zero attached hydrogens (tertiary/aromatic N) is 1. The third-order valence-electron chi connectivity index (χ3n) is 1.60. The van der Waals surface area contributed by atoms with E-state index in [1.54, 1.807) is 0 Å². The zero-order valence-corrected chi connectivity index (χ0v) is 7.70. The maximum absolute atomic E-state index is 4.00. The molecular formula is C8H9NS2. The average Bonchev–Trinajstić information content (AvgIpc) is 2.58. The SMILES string of the molecule is c1cc(C2SCCS2)ccn1. The highest BCUT2D eigenvalue weighted by atomic mass is 32.2. The summed E-state index contributed by atoms with van der Waals surface area (Å²) >= 11 is 4.06. The van der Waals surface area contributed by atoms with Gasteiger partial charge in [0.25, 0.3) is 0 Å². The first-order valence-corrected chi connectivity index (χ1v) is 5.70. The van der Waals surface area contributed by atoms with Crippen molar-refractivity contribution in [1.29, 1.82) is 0 Å². The molecule has 2 rings (SSSR count). The molecule has 1 aromatic rings. The van der Waals surface area contributed by atoms with Crippen LogP contribution in [0.25, 0.3) is 0 Å². The molecule has 58 valence electrons. The van der Waals surface area contributed by atoms with Gasteiger partial charge in [0.2, 0.25) is 0 Å². The summed E-state index contributed by atoms with van der Waals surface area (Å²) in [6.45, 7) is 0. The Balaban J connectivity index is 2.16. The van der Waals surface area contributed by atoms with Crippen LogP contribution in [-0.2, 0) is 0 Å². The molecule has 1 aliphatic heterocycles. The normalized spacial score (nSPS) is 18.9. The van der Waals surface area contributed by atoms with E-state index in [0.29, 0.717) is 4.58 Å². The van der Waals surface area contributed by atoms with E-state index in [2.05, 4.69) is 17.1 Å². The summed E-state index contributed by atoms with van der Waals surface area (Å²) in [5, 5.41) is 0. The highest BCUT2D eigenvalue weighted by Crippen LogP contribution is 2.44. The molecule has 0 N–H and O–H groups in total. The molecule has 1 aromatic heterocycles. The first-order chi connectivity index (χ1) is 5.47. The summed E-state index contributed by atoms with van der Waals surface area (Å²) < 4.78 is 0.665. The Kier molecular flexibility index (Phi) is 2.38. The molecule has 0 amide bonds. The van der Waals surface area contributed by atoms with E-state index in [9.17, 15) is 0 Å². The number of pyridine rings is 1. The van der Waals surface area contributed by atoms with Crippen LogP contribution < -0.4 is 0 Å². The Hall–Kier alpha value is -0.150. The van der Waals surface area contributed by atoms with Gasteiger partial charge in [0.05, 0.1) is 4.58 Å². The number of hydrogen-bond donors (Lipinski definition) is 0. The van der Waals surface area contributed by atoms with Crippen molar-refractivity contribution in [2.75, 3.05) is 11.5 Å². The second-order valence-corrected chi connectivity index (χ2v) is 5.08. The first kappa shape index (κ1) is 7.50. The Bertz CT molecular complexity index is 219. The summed E-state index contributed by atoms with van der Waals surface area (Å²) in [5.74, 6) is 2.58. The van der Waals surface area contributed by atoms with E-state index in [1.165, 1.54) is 17.1 Å². The molecule has 11 heavy (non-hydrogen) atoms. The summed E-state index contributed by atoms with van der Waals surface area (Å²) in [5.41, 5.74) is 1.41. The van der Waals surface area contributed by atoms with Gasteiger partial charge < -0.3 is 0 Å². The standard InChI is InChI=1S/C8H9NS2/c1-3-9-4-2-7(1)8-10-5-6-11-8/h1-4,8H,5-6H2. The molecule has 1 fully saturated rings. The predicted molar refractivity (Wildman–Crippen MR) is 51.9 cm³/mol. The van der Waals surface area contributed by atoms with Gasteiger partial charge in [-0.3, -0.25) is 4.98 Å². The minimum Gasteiger partial charge on any atom is -0.265 e. The second kappa shape index (κ2) is 3.50. The topological polar surface area (TPSA) is 12.9 Å². The van der Waals surface area contributed by atoms with E-state index < -0.39 is 0 Å². The number of aromatic nitrogens is 1. The molecule has 1 nitrogen and oxygen atoms in total. The lowest BCUT2D eigenvalue weighted by Gasteiger charge is -2.05. The van der Waals surface area contributed by atoms with Crippen molar-refractivity contribution >= 4 is 23.5 Å².